The molecule has 1 heterocycles. The molecule has 1 aliphatic carbocycles. The van der Waals surface area contributed by atoms with Crippen molar-refractivity contribution in [1.29, 1.82) is 0 Å². The SMILES string of the molecule is CNC(=O)c1cc(NC2CCC(SC)C2)ccn1. The fraction of sp³-hybridized carbons (Fsp3) is 0.538. The predicted molar refractivity (Wildman–Crippen MR) is 76.2 cm³/mol. The van der Waals surface area contributed by atoms with Crippen LogP contribution in [0, 0.1) is 0 Å². The second-order valence-electron chi connectivity index (χ2n) is 4.52. The zero-order valence-electron chi connectivity index (χ0n) is 10.8. The van der Waals surface area contributed by atoms with Crippen molar-refractivity contribution in [3.63, 3.8) is 0 Å². The van der Waals surface area contributed by atoms with Crippen molar-refractivity contribution in [2.45, 2.75) is 30.6 Å². The van der Waals surface area contributed by atoms with Crippen LogP contribution in [0.4, 0.5) is 5.69 Å². The van der Waals surface area contributed by atoms with Crippen LogP contribution in [0.1, 0.15) is 29.8 Å². The fourth-order valence-electron chi connectivity index (χ4n) is 2.29. The van der Waals surface area contributed by atoms with Gasteiger partial charge in [0.05, 0.1) is 0 Å². The van der Waals surface area contributed by atoms with Gasteiger partial charge in [-0.2, -0.15) is 11.8 Å². The maximum absolute atomic E-state index is 11.5. The Morgan fingerprint density at radius 1 is 1.50 bits per heavy atom. The molecule has 4 nitrogen and oxygen atoms in total. The number of carbonyl (C=O) groups excluding carboxylic acids is 1. The van der Waals surface area contributed by atoms with Gasteiger partial charge in [0.15, 0.2) is 0 Å². The minimum atomic E-state index is -0.146. The van der Waals surface area contributed by atoms with E-state index in [1.54, 1.807) is 13.2 Å². The van der Waals surface area contributed by atoms with Crippen LogP contribution in [0.25, 0.3) is 0 Å². The molecule has 2 atom stereocenters. The number of anilines is 1. The number of rotatable bonds is 4. The monoisotopic (exact) mass is 265 g/mol. The van der Waals surface area contributed by atoms with E-state index in [4.69, 9.17) is 0 Å². The summed E-state index contributed by atoms with van der Waals surface area (Å²) >= 11 is 1.94. The maximum Gasteiger partial charge on any atom is 0.269 e. The van der Waals surface area contributed by atoms with E-state index >= 15 is 0 Å². The van der Waals surface area contributed by atoms with Crippen LogP contribution in [0.3, 0.4) is 0 Å². The topological polar surface area (TPSA) is 54.0 Å². The second-order valence-corrected chi connectivity index (χ2v) is 5.66. The molecule has 0 aliphatic heterocycles. The number of nitrogens with zero attached hydrogens (tertiary/aromatic N) is 1. The molecule has 1 saturated carbocycles. The Morgan fingerprint density at radius 3 is 3.00 bits per heavy atom. The van der Waals surface area contributed by atoms with Crippen molar-refractivity contribution in [3.05, 3.63) is 24.0 Å². The summed E-state index contributed by atoms with van der Waals surface area (Å²) in [5.41, 5.74) is 1.44. The number of carbonyl (C=O) groups is 1. The number of aromatic nitrogens is 1. The van der Waals surface area contributed by atoms with Crippen LogP contribution in [-0.2, 0) is 0 Å². The van der Waals surface area contributed by atoms with E-state index in [9.17, 15) is 4.79 Å². The lowest BCUT2D eigenvalue weighted by atomic mass is 10.2. The highest BCUT2D eigenvalue weighted by Crippen LogP contribution is 2.30. The standard InChI is InChI=1S/C13H19N3OS/c1-14-13(17)12-8-10(5-6-15-12)16-9-3-4-11(7-9)18-2/h5-6,8-9,11H,3-4,7H2,1-2H3,(H,14,17)(H,15,16). The average molecular weight is 265 g/mol. The molecule has 5 heteroatoms. The van der Waals surface area contributed by atoms with Gasteiger partial charge in [-0.1, -0.05) is 0 Å². The third kappa shape index (κ3) is 3.16. The first-order chi connectivity index (χ1) is 8.72. The van der Waals surface area contributed by atoms with Gasteiger partial charge >= 0.3 is 0 Å². The molecule has 0 bridgehead atoms. The van der Waals surface area contributed by atoms with Gasteiger partial charge in [0.1, 0.15) is 5.69 Å². The van der Waals surface area contributed by atoms with E-state index in [2.05, 4.69) is 21.9 Å². The van der Waals surface area contributed by atoms with Gasteiger partial charge in [0, 0.05) is 30.2 Å². The highest BCUT2D eigenvalue weighted by molar-refractivity contribution is 7.99. The summed E-state index contributed by atoms with van der Waals surface area (Å²) < 4.78 is 0. The summed E-state index contributed by atoms with van der Waals surface area (Å²) in [5, 5.41) is 6.84. The van der Waals surface area contributed by atoms with Gasteiger partial charge in [0.2, 0.25) is 0 Å². The minimum Gasteiger partial charge on any atom is -0.382 e. The number of amides is 1. The van der Waals surface area contributed by atoms with E-state index in [0.717, 1.165) is 10.9 Å². The number of hydrogen-bond donors (Lipinski definition) is 2. The quantitative estimate of drug-likeness (QED) is 0.876. The first kappa shape index (κ1) is 13.2. The Hall–Kier alpha value is -1.23. The summed E-state index contributed by atoms with van der Waals surface area (Å²) in [5.74, 6) is -0.146. The molecule has 1 aromatic rings. The summed E-state index contributed by atoms with van der Waals surface area (Å²) in [7, 11) is 1.62. The van der Waals surface area contributed by atoms with Crippen molar-refractivity contribution < 1.29 is 4.79 Å². The van der Waals surface area contributed by atoms with Gasteiger partial charge in [0.25, 0.3) is 5.91 Å². The van der Waals surface area contributed by atoms with E-state index in [1.165, 1.54) is 19.3 Å². The first-order valence-electron chi connectivity index (χ1n) is 6.20. The molecule has 2 rings (SSSR count). The molecule has 98 valence electrons. The Labute approximate surface area is 112 Å². The number of hydrogen-bond acceptors (Lipinski definition) is 4. The third-order valence-electron chi connectivity index (χ3n) is 3.31. The van der Waals surface area contributed by atoms with Crippen LogP contribution in [-0.4, -0.2) is 35.5 Å². The zero-order valence-corrected chi connectivity index (χ0v) is 11.6. The summed E-state index contributed by atoms with van der Waals surface area (Å²) in [4.78, 5) is 15.6. The number of pyridine rings is 1. The summed E-state index contributed by atoms with van der Waals surface area (Å²) in [6, 6.07) is 4.24. The van der Waals surface area contributed by atoms with E-state index in [1.807, 2.05) is 23.9 Å². The molecule has 1 aromatic heterocycles. The number of thioether (sulfide) groups is 1. The normalized spacial score (nSPS) is 22.8. The molecule has 0 aromatic carbocycles. The highest BCUT2D eigenvalue weighted by atomic mass is 32.2. The lowest BCUT2D eigenvalue weighted by Crippen LogP contribution is -2.20. The molecule has 0 radical (unpaired) electrons. The van der Waals surface area contributed by atoms with Gasteiger partial charge in [-0.05, 0) is 37.7 Å². The van der Waals surface area contributed by atoms with Gasteiger partial charge in [-0.15, -0.1) is 0 Å². The second kappa shape index (κ2) is 6.09. The zero-order chi connectivity index (χ0) is 13.0. The molecular weight excluding hydrogens is 246 g/mol. The maximum atomic E-state index is 11.5. The minimum absolute atomic E-state index is 0.146. The van der Waals surface area contributed by atoms with E-state index in [0.29, 0.717) is 11.7 Å². The van der Waals surface area contributed by atoms with Gasteiger partial charge in [-0.3, -0.25) is 9.78 Å². The van der Waals surface area contributed by atoms with Crippen LogP contribution in [0.2, 0.25) is 0 Å². The molecule has 0 spiro atoms. The smallest absolute Gasteiger partial charge is 0.269 e. The molecule has 1 amide bonds. The van der Waals surface area contributed by atoms with Gasteiger partial charge in [-0.25, -0.2) is 0 Å². The van der Waals surface area contributed by atoms with Crippen molar-refractivity contribution in [2.75, 3.05) is 18.6 Å². The average Bonchev–Trinajstić information content (AvgIpc) is 2.86. The molecule has 18 heavy (non-hydrogen) atoms. The van der Waals surface area contributed by atoms with E-state index < -0.39 is 0 Å². The van der Waals surface area contributed by atoms with Crippen LogP contribution < -0.4 is 10.6 Å². The summed E-state index contributed by atoms with van der Waals surface area (Å²) in [6.45, 7) is 0. The Balaban J connectivity index is 1.99. The molecular formula is C13H19N3OS. The number of nitrogens with one attached hydrogen (secondary N) is 2. The molecule has 2 unspecified atom stereocenters. The Morgan fingerprint density at radius 2 is 2.33 bits per heavy atom. The molecule has 0 saturated heterocycles. The van der Waals surface area contributed by atoms with Crippen LogP contribution in [0.5, 0.6) is 0 Å². The van der Waals surface area contributed by atoms with Crippen molar-refractivity contribution in [3.8, 4) is 0 Å². The summed E-state index contributed by atoms with van der Waals surface area (Å²) in [6.07, 6.45) is 7.51. The van der Waals surface area contributed by atoms with E-state index in [-0.39, 0.29) is 5.91 Å². The molecule has 2 N–H and O–H groups in total. The van der Waals surface area contributed by atoms with Gasteiger partial charge < -0.3 is 10.6 Å². The van der Waals surface area contributed by atoms with Crippen LogP contribution >= 0.6 is 11.8 Å². The fourth-order valence-corrected chi connectivity index (χ4v) is 3.09. The van der Waals surface area contributed by atoms with Crippen molar-refractivity contribution in [2.24, 2.45) is 0 Å². The van der Waals surface area contributed by atoms with Crippen molar-refractivity contribution >= 4 is 23.4 Å². The predicted octanol–water partition coefficient (Wildman–Crippen LogP) is 2.14. The molecule has 1 aliphatic rings. The Kier molecular flexibility index (Phi) is 4.47. The first-order valence-corrected chi connectivity index (χ1v) is 7.49. The molecule has 1 fully saturated rings. The third-order valence-corrected chi connectivity index (χ3v) is 4.40. The lowest BCUT2D eigenvalue weighted by molar-refractivity contribution is 0.0958. The highest BCUT2D eigenvalue weighted by Gasteiger charge is 2.23. The largest absolute Gasteiger partial charge is 0.382 e. The van der Waals surface area contributed by atoms with Crippen molar-refractivity contribution in [1.82, 2.24) is 10.3 Å². The lowest BCUT2D eigenvalue weighted by Gasteiger charge is -2.14. The Bertz CT molecular complexity index is 424. The van der Waals surface area contributed by atoms with Crippen LogP contribution in [0.15, 0.2) is 18.3 Å².